The van der Waals surface area contributed by atoms with E-state index in [2.05, 4.69) is 4.90 Å². The van der Waals surface area contributed by atoms with Crippen LogP contribution in [0, 0.1) is 0 Å². The van der Waals surface area contributed by atoms with Gasteiger partial charge in [0.05, 0.1) is 23.4 Å². The van der Waals surface area contributed by atoms with Crippen molar-refractivity contribution in [3.8, 4) is 0 Å². The molecule has 0 amide bonds. The molecule has 0 unspecified atom stereocenters. The van der Waals surface area contributed by atoms with Gasteiger partial charge in [0.15, 0.2) is 0 Å². The van der Waals surface area contributed by atoms with Crippen molar-refractivity contribution in [3.63, 3.8) is 0 Å². The molecule has 1 aliphatic rings. The Morgan fingerprint density at radius 1 is 1.50 bits per heavy atom. The quantitative estimate of drug-likeness (QED) is 0.862. The van der Waals surface area contributed by atoms with Gasteiger partial charge in [0, 0.05) is 19.7 Å². The van der Waals surface area contributed by atoms with Crippen molar-refractivity contribution in [3.05, 3.63) is 28.8 Å². The van der Waals surface area contributed by atoms with Gasteiger partial charge < -0.3 is 14.7 Å². The minimum atomic E-state index is -0.482. The second-order valence-electron chi connectivity index (χ2n) is 4.80. The van der Waals surface area contributed by atoms with Crippen molar-refractivity contribution in [1.29, 1.82) is 0 Å². The molecule has 0 heterocycles. The van der Waals surface area contributed by atoms with E-state index < -0.39 is 6.10 Å². The molecule has 1 N–H and O–H groups in total. The molecular weight excluding hydrogens is 250 g/mol. The summed E-state index contributed by atoms with van der Waals surface area (Å²) in [6.07, 6.45) is 1.96. The van der Waals surface area contributed by atoms with Crippen LogP contribution in [0.4, 0.5) is 5.69 Å². The van der Waals surface area contributed by atoms with Gasteiger partial charge in [0.1, 0.15) is 0 Å². The van der Waals surface area contributed by atoms with E-state index in [0.717, 1.165) is 17.8 Å². The summed E-state index contributed by atoms with van der Waals surface area (Å²) in [4.78, 5) is 2.30. The number of aliphatic hydroxyl groups excluding tert-OH is 1. The zero-order valence-corrected chi connectivity index (χ0v) is 11.7. The molecular formula is C14H20ClNO2. The largest absolute Gasteiger partial charge is 0.389 e. The molecule has 4 heteroatoms. The zero-order chi connectivity index (χ0) is 13.1. The lowest BCUT2D eigenvalue weighted by Gasteiger charge is -2.26. The van der Waals surface area contributed by atoms with Crippen molar-refractivity contribution < 1.29 is 9.84 Å². The maximum absolute atomic E-state index is 9.55. The monoisotopic (exact) mass is 269 g/mol. The lowest BCUT2D eigenvalue weighted by atomic mass is 10.1. The molecule has 1 aliphatic carbocycles. The SMILES string of the molecule is COCCN(c1ccc([C@H](C)O)cc1Cl)C1CC1. The average Bonchev–Trinajstić information content (AvgIpc) is 3.15. The van der Waals surface area contributed by atoms with Crippen LogP contribution in [0.25, 0.3) is 0 Å². The van der Waals surface area contributed by atoms with Crippen molar-refractivity contribution in [2.45, 2.75) is 31.9 Å². The maximum Gasteiger partial charge on any atom is 0.0762 e. The number of halogens is 1. The number of ether oxygens (including phenoxy) is 1. The second kappa shape index (κ2) is 5.91. The third-order valence-electron chi connectivity index (χ3n) is 3.29. The van der Waals surface area contributed by atoms with Gasteiger partial charge in [0.25, 0.3) is 0 Å². The smallest absolute Gasteiger partial charge is 0.0762 e. The highest BCUT2D eigenvalue weighted by molar-refractivity contribution is 6.33. The second-order valence-corrected chi connectivity index (χ2v) is 5.21. The summed E-state index contributed by atoms with van der Waals surface area (Å²) < 4.78 is 5.15. The number of aliphatic hydroxyl groups is 1. The Morgan fingerprint density at radius 3 is 2.72 bits per heavy atom. The molecule has 0 bridgehead atoms. The summed E-state index contributed by atoms with van der Waals surface area (Å²) in [6.45, 7) is 3.30. The van der Waals surface area contributed by atoms with Gasteiger partial charge in [0.2, 0.25) is 0 Å². The number of anilines is 1. The van der Waals surface area contributed by atoms with Crippen LogP contribution in [0.15, 0.2) is 18.2 Å². The van der Waals surface area contributed by atoms with Gasteiger partial charge in [-0.25, -0.2) is 0 Å². The van der Waals surface area contributed by atoms with Crippen LogP contribution in [0.3, 0.4) is 0 Å². The van der Waals surface area contributed by atoms with Crippen LogP contribution in [0.2, 0.25) is 5.02 Å². The van der Waals surface area contributed by atoms with Crippen LogP contribution in [-0.4, -0.2) is 31.4 Å². The third-order valence-corrected chi connectivity index (χ3v) is 3.59. The van der Waals surface area contributed by atoms with Gasteiger partial charge in [-0.3, -0.25) is 0 Å². The number of hydrogen-bond donors (Lipinski definition) is 1. The highest BCUT2D eigenvalue weighted by Gasteiger charge is 2.30. The number of benzene rings is 1. The van der Waals surface area contributed by atoms with E-state index in [4.69, 9.17) is 16.3 Å². The van der Waals surface area contributed by atoms with Gasteiger partial charge in [-0.05, 0) is 37.5 Å². The molecule has 1 fully saturated rings. The predicted octanol–water partition coefficient (Wildman–Crippen LogP) is 3.01. The minimum Gasteiger partial charge on any atom is -0.389 e. The zero-order valence-electron chi connectivity index (χ0n) is 10.9. The first-order chi connectivity index (χ1) is 8.63. The standard InChI is InChI=1S/C14H20ClNO2/c1-10(17)11-3-6-14(13(15)9-11)16(7-8-18-2)12-4-5-12/h3,6,9-10,12,17H,4-5,7-8H2,1-2H3/t10-/m0/s1. The number of methoxy groups -OCH3 is 1. The van der Waals surface area contributed by atoms with E-state index in [1.54, 1.807) is 14.0 Å². The molecule has 1 atom stereocenters. The van der Waals surface area contributed by atoms with Crippen LogP contribution < -0.4 is 4.90 Å². The molecule has 18 heavy (non-hydrogen) atoms. The van der Waals surface area contributed by atoms with Gasteiger partial charge in [-0.2, -0.15) is 0 Å². The Morgan fingerprint density at radius 2 is 2.22 bits per heavy atom. The molecule has 1 aromatic rings. The third kappa shape index (κ3) is 3.16. The molecule has 0 aliphatic heterocycles. The van der Waals surface area contributed by atoms with Crippen molar-refractivity contribution in [2.24, 2.45) is 0 Å². The first-order valence-electron chi connectivity index (χ1n) is 6.36. The number of nitrogens with zero attached hydrogens (tertiary/aromatic N) is 1. The molecule has 0 saturated heterocycles. The molecule has 100 valence electrons. The summed E-state index contributed by atoms with van der Waals surface area (Å²) in [5.41, 5.74) is 1.90. The Bertz CT molecular complexity index is 405. The summed E-state index contributed by atoms with van der Waals surface area (Å²) in [5.74, 6) is 0. The van der Waals surface area contributed by atoms with E-state index in [-0.39, 0.29) is 0 Å². The van der Waals surface area contributed by atoms with E-state index in [0.29, 0.717) is 17.7 Å². The molecule has 1 aromatic carbocycles. The fourth-order valence-electron chi connectivity index (χ4n) is 2.09. The van der Waals surface area contributed by atoms with E-state index in [9.17, 15) is 5.11 Å². The van der Waals surface area contributed by atoms with E-state index in [1.807, 2.05) is 18.2 Å². The molecule has 3 nitrogen and oxygen atoms in total. The average molecular weight is 270 g/mol. The van der Waals surface area contributed by atoms with E-state index in [1.165, 1.54) is 12.8 Å². The van der Waals surface area contributed by atoms with Crippen LogP contribution >= 0.6 is 11.6 Å². The first-order valence-corrected chi connectivity index (χ1v) is 6.74. The highest BCUT2D eigenvalue weighted by atomic mass is 35.5. The maximum atomic E-state index is 9.55. The Hall–Kier alpha value is -0.770. The highest BCUT2D eigenvalue weighted by Crippen LogP contribution is 2.36. The predicted molar refractivity (Wildman–Crippen MR) is 74.3 cm³/mol. The topological polar surface area (TPSA) is 32.7 Å². The lowest BCUT2D eigenvalue weighted by molar-refractivity contribution is 0.199. The summed E-state index contributed by atoms with van der Waals surface area (Å²) >= 11 is 6.33. The summed E-state index contributed by atoms with van der Waals surface area (Å²) in [5, 5.41) is 10.3. The molecule has 1 saturated carbocycles. The first kappa shape index (κ1) is 13.7. The molecule has 2 rings (SSSR count). The van der Waals surface area contributed by atoms with Gasteiger partial charge in [-0.1, -0.05) is 17.7 Å². The lowest BCUT2D eigenvalue weighted by Crippen LogP contribution is -2.29. The normalized spacial score (nSPS) is 16.7. The molecule has 0 spiro atoms. The van der Waals surface area contributed by atoms with Crippen molar-refractivity contribution in [1.82, 2.24) is 0 Å². The number of rotatable bonds is 6. The Balaban J connectivity index is 2.19. The van der Waals surface area contributed by atoms with Crippen molar-refractivity contribution in [2.75, 3.05) is 25.2 Å². The fraction of sp³-hybridized carbons (Fsp3) is 0.571. The Kier molecular flexibility index (Phi) is 4.49. The minimum absolute atomic E-state index is 0.482. The van der Waals surface area contributed by atoms with Gasteiger partial charge >= 0.3 is 0 Å². The molecule has 0 aromatic heterocycles. The van der Waals surface area contributed by atoms with Gasteiger partial charge in [-0.15, -0.1) is 0 Å². The van der Waals surface area contributed by atoms with Crippen LogP contribution in [0.1, 0.15) is 31.4 Å². The van der Waals surface area contributed by atoms with Crippen LogP contribution in [-0.2, 0) is 4.74 Å². The van der Waals surface area contributed by atoms with Crippen LogP contribution in [0.5, 0.6) is 0 Å². The summed E-state index contributed by atoms with van der Waals surface area (Å²) in [6, 6.07) is 6.38. The summed E-state index contributed by atoms with van der Waals surface area (Å²) in [7, 11) is 1.71. The Labute approximate surface area is 113 Å². The van der Waals surface area contributed by atoms with E-state index >= 15 is 0 Å². The molecule has 0 radical (unpaired) electrons. The van der Waals surface area contributed by atoms with Crippen molar-refractivity contribution >= 4 is 17.3 Å². The number of hydrogen-bond acceptors (Lipinski definition) is 3. The fourth-order valence-corrected chi connectivity index (χ4v) is 2.39.